The molecule has 0 unspecified atom stereocenters. The molecule has 2 amide bonds. The molecule has 2 heterocycles. The van der Waals surface area contributed by atoms with Crippen LogP contribution in [0.2, 0.25) is 0 Å². The van der Waals surface area contributed by atoms with Gasteiger partial charge in [-0.05, 0) is 24.3 Å². The van der Waals surface area contributed by atoms with E-state index < -0.39 is 5.82 Å². The average Bonchev–Trinajstić information content (AvgIpc) is 3.31. The van der Waals surface area contributed by atoms with Crippen molar-refractivity contribution in [2.24, 2.45) is 7.05 Å². The Kier molecular flexibility index (Phi) is 5.87. The third kappa shape index (κ3) is 4.73. The second kappa shape index (κ2) is 8.49. The van der Waals surface area contributed by atoms with Gasteiger partial charge < -0.3 is 19.6 Å². The normalized spacial score (nSPS) is 10.6. The van der Waals surface area contributed by atoms with E-state index in [4.69, 9.17) is 4.42 Å². The van der Waals surface area contributed by atoms with Crippen molar-refractivity contribution in [2.75, 3.05) is 11.1 Å². The Labute approximate surface area is 158 Å². The molecule has 2 N–H and O–H groups in total. The minimum absolute atomic E-state index is 0.0407. The molecular formula is C17H16FN5O3S. The van der Waals surface area contributed by atoms with Crippen LogP contribution in [0.15, 0.2) is 52.2 Å². The average molecular weight is 389 g/mol. The molecule has 0 spiro atoms. The van der Waals surface area contributed by atoms with Crippen molar-refractivity contribution in [3.05, 3.63) is 60.1 Å². The van der Waals surface area contributed by atoms with Gasteiger partial charge in [0, 0.05) is 7.05 Å². The van der Waals surface area contributed by atoms with E-state index in [-0.39, 0.29) is 35.6 Å². The fourth-order valence-electron chi connectivity index (χ4n) is 2.16. The number of nitrogens with one attached hydrogen (secondary N) is 2. The number of hydrogen-bond donors (Lipinski definition) is 2. The lowest BCUT2D eigenvalue weighted by Crippen LogP contribution is -2.24. The van der Waals surface area contributed by atoms with E-state index in [2.05, 4.69) is 20.8 Å². The van der Waals surface area contributed by atoms with Crippen LogP contribution in [0, 0.1) is 5.82 Å². The number of carbonyl (C=O) groups excluding carboxylic acids is 2. The number of halogens is 1. The smallest absolute Gasteiger partial charge is 0.287 e. The van der Waals surface area contributed by atoms with E-state index in [0.717, 1.165) is 11.8 Å². The van der Waals surface area contributed by atoms with Crippen molar-refractivity contribution in [2.45, 2.75) is 11.7 Å². The molecule has 2 aromatic heterocycles. The van der Waals surface area contributed by atoms with Gasteiger partial charge in [-0.3, -0.25) is 9.59 Å². The molecule has 0 aliphatic heterocycles. The number of thioether (sulfide) groups is 1. The summed E-state index contributed by atoms with van der Waals surface area (Å²) in [5.74, 6) is -0.450. The van der Waals surface area contributed by atoms with Gasteiger partial charge in [0.1, 0.15) is 5.82 Å². The van der Waals surface area contributed by atoms with Gasteiger partial charge in [-0.1, -0.05) is 23.9 Å². The van der Waals surface area contributed by atoms with Gasteiger partial charge in [-0.15, -0.1) is 10.2 Å². The Hall–Kier alpha value is -3.14. The van der Waals surface area contributed by atoms with Gasteiger partial charge in [0.15, 0.2) is 16.7 Å². The summed E-state index contributed by atoms with van der Waals surface area (Å²) < 4.78 is 20.2. The Bertz CT molecular complexity index is 942. The SMILES string of the molecule is Cn1c(CNC(=O)c2ccco2)nnc1SCC(=O)Nc1ccccc1F. The molecular weight excluding hydrogens is 373 g/mol. The maximum absolute atomic E-state index is 13.5. The van der Waals surface area contributed by atoms with E-state index in [1.165, 1.54) is 18.4 Å². The van der Waals surface area contributed by atoms with E-state index in [9.17, 15) is 14.0 Å². The number of furan rings is 1. The molecule has 0 atom stereocenters. The molecule has 0 radical (unpaired) electrons. The fraction of sp³-hybridized carbons (Fsp3) is 0.176. The third-order valence-corrected chi connectivity index (χ3v) is 4.58. The van der Waals surface area contributed by atoms with Crippen LogP contribution >= 0.6 is 11.8 Å². The first-order chi connectivity index (χ1) is 13.0. The van der Waals surface area contributed by atoms with Crippen LogP contribution in [0.25, 0.3) is 0 Å². The Morgan fingerprint density at radius 2 is 2.04 bits per heavy atom. The second-order valence-electron chi connectivity index (χ2n) is 5.43. The van der Waals surface area contributed by atoms with Crippen molar-refractivity contribution in [3.63, 3.8) is 0 Å². The number of benzene rings is 1. The van der Waals surface area contributed by atoms with Crippen molar-refractivity contribution in [1.82, 2.24) is 20.1 Å². The highest BCUT2D eigenvalue weighted by atomic mass is 32.2. The molecule has 27 heavy (non-hydrogen) atoms. The van der Waals surface area contributed by atoms with Gasteiger partial charge in [0.05, 0.1) is 24.2 Å². The number of carbonyl (C=O) groups is 2. The quantitative estimate of drug-likeness (QED) is 0.601. The van der Waals surface area contributed by atoms with E-state index in [1.54, 1.807) is 35.9 Å². The van der Waals surface area contributed by atoms with Crippen molar-refractivity contribution >= 4 is 29.3 Å². The minimum Gasteiger partial charge on any atom is -0.459 e. The van der Waals surface area contributed by atoms with Gasteiger partial charge in [-0.25, -0.2) is 4.39 Å². The van der Waals surface area contributed by atoms with Crippen LogP contribution in [0.3, 0.4) is 0 Å². The number of hydrogen-bond acceptors (Lipinski definition) is 6. The molecule has 0 aliphatic rings. The first-order valence-electron chi connectivity index (χ1n) is 7.91. The zero-order chi connectivity index (χ0) is 19.2. The Balaban J connectivity index is 1.52. The number of para-hydroxylation sites is 1. The molecule has 8 nitrogen and oxygen atoms in total. The summed E-state index contributed by atoms with van der Waals surface area (Å²) in [5, 5.41) is 13.7. The number of amides is 2. The highest BCUT2D eigenvalue weighted by Crippen LogP contribution is 2.17. The van der Waals surface area contributed by atoms with Crippen LogP contribution < -0.4 is 10.6 Å². The monoisotopic (exact) mass is 389 g/mol. The standard InChI is InChI=1S/C17H16FN5O3S/c1-23-14(9-19-16(25)13-7-4-8-26-13)21-22-17(23)27-10-15(24)20-12-6-3-2-5-11(12)18/h2-8H,9-10H2,1H3,(H,19,25)(H,20,24). The molecule has 1 aromatic carbocycles. The number of anilines is 1. The lowest BCUT2D eigenvalue weighted by atomic mass is 10.3. The number of aromatic nitrogens is 3. The summed E-state index contributed by atoms with van der Waals surface area (Å²) >= 11 is 1.16. The maximum atomic E-state index is 13.5. The molecule has 0 saturated carbocycles. The molecule has 10 heteroatoms. The molecule has 0 aliphatic carbocycles. The van der Waals surface area contributed by atoms with Crippen LogP contribution in [0.5, 0.6) is 0 Å². The molecule has 0 saturated heterocycles. The van der Waals surface area contributed by atoms with Gasteiger partial charge in [0.25, 0.3) is 5.91 Å². The summed E-state index contributed by atoms with van der Waals surface area (Å²) in [6, 6.07) is 9.12. The molecule has 140 valence electrons. The van der Waals surface area contributed by atoms with Gasteiger partial charge in [-0.2, -0.15) is 0 Å². The van der Waals surface area contributed by atoms with Gasteiger partial charge >= 0.3 is 0 Å². The fourth-order valence-corrected chi connectivity index (χ4v) is 2.89. The number of nitrogens with zero attached hydrogens (tertiary/aromatic N) is 3. The summed E-state index contributed by atoms with van der Waals surface area (Å²) in [7, 11) is 1.73. The molecule has 0 fully saturated rings. The third-order valence-electron chi connectivity index (χ3n) is 3.56. The zero-order valence-corrected chi connectivity index (χ0v) is 15.1. The van der Waals surface area contributed by atoms with Crippen LogP contribution in [0.4, 0.5) is 10.1 Å². The molecule has 3 rings (SSSR count). The molecule has 0 bridgehead atoms. The Morgan fingerprint density at radius 1 is 1.22 bits per heavy atom. The highest BCUT2D eigenvalue weighted by Gasteiger charge is 2.14. The lowest BCUT2D eigenvalue weighted by Gasteiger charge is -2.06. The van der Waals surface area contributed by atoms with E-state index >= 15 is 0 Å². The Morgan fingerprint density at radius 3 is 2.78 bits per heavy atom. The number of rotatable bonds is 7. The maximum Gasteiger partial charge on any atom is 0.287 e. The first-order valence-corrected chi connectivity index (χ1v) is 8.90. The second-order valence-corrected chi connectivity index (χ2v) is 6.38. The summed E-state index contributed by atoms with van der Waals surface area (Å²) in [4.78, 5) is 23.8. The zero-order valence-electron chi connectivity index (χ0n) is 14.3. The van der Waals surface area contributed by atoms with E-state index in [0.29, 0.717) is 11.0 Å². The van der Waals surface area contributed by atoms with Crippen LogP contribution in [0.1, 0.15) is 16.4 Å². The summed E-state index contributed by atoms with van der Waals surface area (Å²) in [6.45, 7) is 0.158. The predicted molar refractivity (Wildman–Crippen MR) is 96.6 cm³/mol. The summed E-state index contributed by atoms with van der Waals surface area (Å²) in [6.07, 6.45) is 1.42. The lowest BCUT2D eigenvalue weighted by molar-refractivity contribution is -0.113. The highest BCUT2D eigenvalue weighted by molar-refractivity contribution is 7.99. The largest absolute Gasteiger partial charge is 0.459 e. The summed E-state index contributed by atoms with van der Waals surface area (Å²) in [5.41, 5.74) is 0.127. The predicted octanol–water partition coefficient (Wildman–Crippen LogP) is 2.21. The van der Waals surface area contributed by atoms with Crippen molar-refractivity contribution in [1.29, 1.82) is 0 Å². The van der Waals surface area contributed by atoms with Crippen molar-refractivity contribution in [3.8, 4) is 0 Å². The minimum atomic E-state index is -0.496. The van der Waals surface area contributed by atoms with Gasteiger partial charge in [0.2, 0.25) is 5.91 Å². The topological polar surface area (TPSA) is 102 Å². The molecule has 3 aromatic rings. The van der Waals surface area contributed by atoms with Crippen molar-refractivity contribution < 1.29 is 18.4 Å². The van der Waals surface area contributed by atoms with Crippen LogP contribution in [-0.2, 0) is 18.4 Å². The van der Waals surface area contributed by atoms with E-state index in [1.807, 2.05) is 0 Å². The first kappa shape index (κ1) is 18.6. The van der Waals surface area contributed by atoms with Crippen LogP contribution in [-0.4, -0.2) is 32.3 Å².